The summed E-state index contributed by atoms with van der Waals surface area (Å²) in [5.74, 6) is 0.720. The number of hydrogen-bond acceptors (Lipinski definition) is 3. The zero-order valence-electron chi connectivity index (χ0n) is 17.8. The fourth-order valence-corrected chi connectivity index (χ4v) is 5.38. The van der Waals surface area contributed by atoms with Gasteiger partial charge in [0.25, 0.3) is 0 Å². The lowest BCUT2D eigenvalue weighted by Gasteiger charge is -2.35. The first-order valence-electron chi connectivity index (χ1n) is 11.6. The molecule has 3 fully saturated rings. The average Bonchev–Trinajstić information content (AvgIpc) is 3.59. The van der Waals surface area contributed by atoms with Crippen molar-refractivity contribution in [3.8, 4) is 0 Å². The Balaban J connectivity index is 1.22. The predicted octanol–water partition coefficient (Wildman–Crippen LogP) is 4.10. The molecule has 0 unspecified atom stereocenters. The Hall–Kier alpha value is -1.40. The summed E-state index contributed by atoms with van der Waals surface area (Å²) in [5, 5.41) is 3.24. The first-order valence-corrected chi connectivity index (χ1v) is 12.4. The SMILES string of the molecule is O=C(CN(Cc1cccc(Br)c1)C1CC1)NC1CCN(C(=O)C2CCCCC2)CC1. The molecule has 0 radical (unpaired) electrons. The van der Waals surface area contributed by atoms with E-state index in [0.717, 1.165) is 49.8 Å². The van der Waals surface area contributed by atoms with Crippen LogP contribution in [0.1, 0.15) is 63.4 Å². The third-order valence-electron chi connectivity index (χ3n) is 6.81. The lowest BCUT2D eigenvalue weighted by Crippen LogP contribution is -2.50. The van der Waals surface area contributed by atoms with E-state index in [4.69, 9.17) is 0 Å². The number of benzene rings is 1. The fraction of sp³-hybridized carbons (Fsp3) is 0.667. The first kappa shape index (κ1) is 21.8. The Morgan fingerprint density at radius 1 is 1.03 bits per heavy atom. The highest BCUT2D eigenvalue weighted by Gasteiger charge is 2.32. The monoisotopic (exact) mass is 475 g/mol. The lowest BCUT2D eigenvalue weighted by molar-refractivity contribution is -0.137. The Kier molecular flexibility index (Phi) is 7.47. The van der Waals surface area contributed by atoms with Crippen LogP contribution in [0.5, 0.6) is 0 Å². The average molecular weight is 476 g/mol. The van der Waals surface area contributed by atoms with E-state index < -0.39 is 0 Å². The van der Waals surface area contributed by atoms with Crippen LogP contribution < -0.4 is 5.32 Å². The van der Waals surface area contributed by atoms with E-state index in [2.05, 4.69) is 38.3 Å². The molecule has 2 aliphatic carbocycles. The molecule has 1 heterocycles. The Morgan fingerprint density at radius 3 is 2.43 bits per heavy atom. The number of nitrogens with zero attached hydrogens (tertiary/aromatic N) is 2. The molecule has 1 aromatic carbocycles. The van der Waals surface area contributed by atoms with Gasteiger partial charge in [-0.15, -0.1) is 0 Å². The van der Waals surface area contributed by atoms with Gasteiger partial charge in [-0.3, -0.25) is 14.5 Å². The zero-order chi connectivity index (χ0) is 20.9. The van der Waals surface area contributed by atoms with Gasteiger partial charge < -0.3 is 10.2 Å². The molecule has 0 bridgehead atoms. The molecule has 4 rings (SSSR count). The van der Waals surface area contributed by atoms with Gasteiger partial charge in [0, 0.05) is 42.1 Å². The highest BCUT2D eigenvalue weighted by molar-refractivity contribution is 9.10. The quantitative estimate of drug-likeness (QED) is 0.645. The van der Waals surface area contributed by atoms with Crippen molar-refractivity contribution < 1.29 is 9.59 Å². The largest absolute Gasteiger partial charge is 0.352 e. The van der Waals surface area contributed by atoms with Crippen molar-refractivity contribution in [2.45, 2.75) is 76.4 Å². The van der Waals surface area contributed by atoms with Crippen LogP contribution in [0.15, 0.2) is 28.7 Å². The molecule has 1 aliphatic heterocycles. The van der Waals surface area contributed by atoms with Crippen LogP contribution in [0.3, 0.4) is 0 Å². The van der Waals surface area contributed by atoms with E-state index in [1.54, 1.807) is 0 Å². The second-order valence-electron chi connectivity index (χ2n) is 9.27. The zero-order valence-corrected chi connectivity index (χ0v) is 19.4. The third kappa shape index (κ3) is 6.07. The van der Waals surface area contributed by atoms with Crippen molar-refractivity contribution in [3.05, 3.63) is 34.3 Å². The Labute approximate surface area is 188 Å². The molecule has 164 valence electrons. The smallest absolute Gasteiger partial charge is 0.234 e. The summed E-state index contributed by atoms with van der Waals surface area (Å²) in [5.41, 5.74) is 1.23. The van der Waals surface area contributed by atoms with Gasteiger partial charge in [0.15, 0.2) is 0 Å². The summed E-state index contributed by atoms with van der Waals surface area (Å²) in [6, 6.07) is 9.06. The Bertz CT molecular complexity index is 738. The number of carbonyl (C=O) groups excluding carboxylic acids is 2. The van der Waals surface area contributed by atoms with E-state index in [0.29, 0.717) is 18.5 Å². The minimum atomic E-state index is 0.119. The van der Waals surface area contributed by atoms with Crippen molar-refractivity contribution in [1.82, 2.24) is 15.1 Å². The number of hydrogen-bond donors (Lipinski definition) is 1. The van der Waals surface area contributed by atoms with Crippen LogP contribution in [0.25, 0.3) is 0 Å². The number of halogens is 1. The van der Waals surface area contributed by atoms with Crippen molar-refractivity contribution in [2.24, 2.45) is 5.92 Å². The molecule has 6 heteroatoms. The van der Waals surface area contributed by atoms with Crippen molar-refractivity contribution in [1.29, 1.82) is 0 Å². The minimum absolute atomic E-state index is 0.119. The summed E-state index contributed by atoms with van der Waals surface area (Å²) in [6.07, 6.45) is 9.90. The summed E-state index contributed by atoms with van der Waals surface area (Å²) in [7, 11) is 0. The first-order chi connectivity index (χ1) is 14.6. The van der Waals surface area contributed by atoms with Gasteiger partial charge in [-0.2, -0.15) is 0 Å². The van der Waals surface area contributed by atoms with Gasteiger partial charge in [-0.25, -0.2) is 0 Å². The van der Waals surface area contributed by atoms with E-state index in [1.165, 1.54) is 37.7 Å². The number of rotatable bonds is 7. The molecule has 0 spiro atoms. The summed E-state index contributed by atoms with van der Waals surface area (Å²) in [6.45, 7) is 2.83. The Morgan fingerprint density at radius 2 is 1.77 bits per heavy atom. The fourth-order valence-electron chi connectivity index (χ4n) is 4.93. The lowest BCUT2D eigenvalue weighted by atomic mass is 9.87. The van der Waals surface area contributed by atoms with Crippen molar-refractivity contribution >= 4 is 27.7 Å². The second-order valence-corrected chi connectivity index (χ2v) is 10.2. The van der Waals surface area contributed by atoms with Gasteiger partial charge in [0.05, 0.1) is 6.54 Å². The summed E-state index contributed by atoms with van der Waals surface area (Å²) in [4.78, 5) is 29.8. The highest BCUT2D eigenvalue weighted by Crippen LogP contribution is 2.29. The van der Waals surface area contributed by atoms with Gasteiger partial charge >= 0.3 is 0 Å². The van der Waals surface area contributed by atoms with Crippen LogP contribution in [-0.4, -0.2) is 53.3 Å². The van der Waals surface area contributed by atoms with E-state index in [1.807, 2.05) is 17.0 Å². The van der Waals surface area contributed by atoms with Crippen LogP contribution in [0, 0.1) is 5.92 Å². The molecule has 1 saturated heterocycles. The van der Waals surface area contributed by atoms with E-state index in [-0.39, 0.29) is 17.9 Å². The van der Waals surface area contributed by atoms with Gasteiger partial charge in [0.1, 0.15) is 0 Å². The van der Waals surface area contributed by atoms with Gasteiger partial charge in [-0.1, -0.05) is 47.3 Å². The number of nitrogens with one attached hydrogen (secondary N) is 1. The van der Waals surface area contributed by atoms with Crippen molar-refractivity contribution in [2.75, 3.05) is 19.6 Å². The number of piperidine rings is 1. The van der Waals surface area contributed by atoms with Gasteiger partial charge in [0.2, 0.25) is 11.8 Å². The maximum absolute atomic E-state index is 12.7. The summed E-state index contributed by atoms with van der Waals surface area (Å²) >= 11 is 3.54. The van der Waals surface area contributed by atoms with Crippen LogP contribution in [0.4, 0.5) is 0 Å². The number of likely N-dealkylation sites (tertiary alicyclic amines) is 1. The van der Waals surface area contributed by atoms with Crippen LogP contribution in [-0.2, 0) is 16.1 Å². The van der Waals surface area contributed by atoms with Crippen LogP contribution >= 0.6 is 15.9 Å². The molecule has 5 nitrogen and oxygen atoms in total. The molecule has 2 amide bonds. The number of amides is 2. The maximum atomic E-state index is 12.7. The maximum Gasteiger partial charge on any atom is 0.234 e. The molecule has 0 aromatic heterocycles. The van der Waals surface area contributed by atoms with Crippen molar-refractivity contribution in [3.63, 3.8) is 0 Å². The molecule has 1 aromatic rings. The third-order valence-corrected chi connectivity index (χ3v) is 7.30. The minimum Gasteiger partial charge on any atom is -0.352 e. The molecule has 3 aliphatic rings. The molecular formula is C24H34BrN3O2. The van der Waals surface area contributed by atoms with Gasteiger partial charge in [-0.05, 0) is 56.2 Å². The molecule has 2 saturated carbocycles. The topological polar surface area (TPSA) is 52.7 Å². The second kappa shape index (κ2) is 10.3. The molecule has 30 heavy (non-hydrogen) atoms. The van der Waals surface area contributed by atoms with Crippen LogP contribution in [0.2, 0.25) is 0 Å². The summed E-state index contributed by atoms with van der Waals surface area (Å²) < 4.78 is 1.08. The normalized spacial score (nSPS) is 21.1. The van der Waals surface area contributed by atoms with E-state index in [9.17, 15) is 9.59 Å². The molecule has 1 N–H and O–H groups in total. The standard InChI is InChI=1S/C24H34BrN3O2/c25-20-8-4-5-18(15-20)16-28(22-9-10-22)17-23(29)26-21-11-13-27(14-12-21)24(30)19-6-2-1-3-7-19/h4-5,8,15,19,21-22H,1-3,6-7,9-14,16-17H2,(H,26,29). The predicted molar refractivity (Wildman–Crippen MR) is 122 cm³/mol. The molecule has 0 atom stereocenters. The van der Waals surface area contributed by atoms with E-state index >= 15 is 0 Å². The molecular weight excluding hydrogens is 442 g/mol. The number of carbonyl (C=O) groups is 2. The highest BCUT2D eigenvalue weighted by atomic mass is 79.9.